The summed E-state index contributed by atoms with van der Waals surface area (Å²) < 4.78 is 46.0. The zero-order valence-electron chi connectivity index (χ0n) is 18.0. The number of ether oxygens (including phenoxy) is 3. The molecule has 172 valence electrons. The standard InChI is InChI=1S/C21H25N3O6S2/c1-22-5-3-15-16(11-22)17(28-2)18-19(30-13-29-18)20(15)32(26,27)24-8-6-23(7-9-24)21(25)14-4-10-31-12-14/h4,10,12H,3,5-9,11,13H2,1-2H3. The highest BCUT2D eigenvalue weighted by atomic mass is 32.2. The summed E-state index contributed by atoms with van der Waals surface area (Å²) in [6, 6.07) is 1.79. The van der Waals surface area contributed by atoms with Gasteiger partial charge >= 0.3 is 0 Å². The molecule has 0 bridgehead atoms. The molecule has 4 heterocycles. The van der Waals surface area contributed by atoms with Crippen LogP contribution in [0.3, 0.4) is 0 Å². The Kier molecular flexibility index (Phi) is 5.52. The van der Waals surface area contributed by atoms with Gasteiger partial charge < -0.3 is 24.0 Å². The molecule has 0 unspecified atom stereocenters. The van der Waals surface area contributed by atoms with Gasteiger partial charge in [-0.3, -0.25) is 4.79 Å². The lowest BCUT2D eigenvalue weighted by Crippen LogP contribution is -2.50. The lowest BCUT2D eigenvalue weighted by atomic mass is 9.97. The van der Waals surface area contributed by atoms with Gasteiger partial charge in [0.05, 0.1) is 12.7 Å². The summed E-state index contributed by atoms with van der Waals surface area (Å²) in [7, 11) is -0.305. The van der Waals surface area contributed by atoms with E-state index in [1.165, 1.54) is 15.6 Å². The summed E-state index contributed by atoms with van der Waals surface area (Å²) in [5.74, 6) is 1.07. The first kappa shape index (κ1) is 21.5. The van der Waals surface area contributed by atoms with E-state index in [2.05, 4.69) is 4.90 Å². The Hall–Kier alpha value is -2.34. The predicted molar refractivity (Wildman–Crippen MR) is 118 cm³/mol. The van der Waals surface area contributed by atoms with E-state index in [0.717, 1.165) is 17.7 Å². The summed E-state index contributed by atoms with van der Waals surface area (Å²) in [4.78, 5) is 16.7. The van der Waals surface area contributed by atoms with Gasteiger partial charge in [-0.1, -0.05) is 0 Å². The van der Waals surface area contributed by atoms with Crippen molar-refractivity contribution in [3.8, 4) is 17.2 Å². The number of fused-ring (bicyclic) bond motifs is 2. The van der Waals surface area contributed by atoms with Crippen molar-refractivity contribution in [3.63, 3.8) is 0 Å². The van der Waals surface area contributed by atoms with Crippen LogP contribution in [0.5, 0.6) is 17.2 Å². The van der Waals surface area contributed by atoms with Crippen LogP contribution in [0.2, 0.25) is 0 Å². The molecule has 1 fully saturated rings. The zero-order valence-corrected chi connectivity index (χ0v) is 19.6. The van der Waals surface area contributed by atoms with Crippen molar-refractivity contribution in [2.75, 3.05) is 53.7 Å². The van der Waals surface area contributed by atoms with Gasteiger partial charge in [-0.25, -0.2) is 8.42 Å². The zero-order chi connectivity index (χ0) is 22.5. The number of thiophene rings is 1. The minimum atomic E-state index is -3.86. The van der Waals surface area contributed by atoms with Crippen LogP contribution in [0.4, 0.5) is 0 Å². The molecule has 2 aromatic rings. The van der Waals surface area contributed by atoms with E-state index in [1.54, 1.807) is 18.1 Å². The smallest absolute Gasteiger partial charge is 0.254 e. The Morgan fingerprint density at radius 2 is 1.84 bits per heavy atom. The summed E-state index contributed by atoms with van der Waals surface area (Å²) in [5, 5.41) is 3.67. The number of carbonyl (C=O) groups is 1. The van der Waals surface area contributed by atoms with E-state index in [-0.39, 0.29) is 36.4 Å². The van der Waals surface area contributed by atoms with E-state index in [0.29, 0.717) is 43.1 Å². The van der Waals surface area contributed by atoms with Gasteiger partial charge in [-0.2, -0.15) is 15.6 Å². The van der Waals surface area contributed by atoms with Gasteiger partial charge in [0.1, 0.15) is 4.90 Å². The lowest BCUT2D eigenvalue weighted by molar-refractivity contribution is 0.0698. The van der Waals surface area contributed by atoms with Gasteiger partial charge in [0.25, 0.3) is 5.91 Å². The van der Waals surface area contributed by atoms with E-state index in [4.69, 9.17) is 14.2 Å². The second-order valence-corrected chi connectivity index (χ2v) is 10.7. The maximum absolute atomic E-state index is 13.8. The van der Waals surface area contributed by atoms with Crippen molar-refractivity contribution >= 4 is 27.3 Å². The highest BCUT2D eigenvalue weighted by Gasteiger charge is 2.41. The van der Waals surface area contributed by atoms with E-state index in [9.17, 15) is 13.2 Å². The van der Waals surface area contributed by atoms with E-state index >= 15 is 0 Å². The van der Waals surface area contributed by atoms with Crippen LogP contribution in [0.1, 0.15) is 21.5 Å². The van der Waals surface area contributed by atoms with Crippen molar-refractivity contribution in [1.82, 2.24) is 14.1 Å². The molecule has 5 rings (SSSR count). The third-order valence-electron chi connectivity index (χ3n) is 6.21. The third-order valence-corrected chi connectivity index (χ3v) is 8.88. The highest BCUT2D eigenvalue weighted by Crippen LogP contribution is 2.51. The van der Waals surface area contributed by atoms with Gasteiger partial charge in [0, 0.05) is 50.2 Å². The van der Waals surface area contributed by atoms with Gasteiger partial charge in [0.2, 0.25) is 22.6 Å². The van der Waals surface area contributed by atoms with Gasteiger partial charge in [-0.05, 0) is 30.5 Å². The quantitative estimate of drug-likeness (QED) is 0.658. The van der Waals surface area contributed by atoms with Crippen molar-refractivity contribution in [2.24, 2.45) is 0 Å². The van der Waals surface area contributed by atoms with Crippen LogP contribution >= 0.6 is 11.3 Å². The molecular formula is C21H25N3O6S2. The maximum atomic E-state index is 13.8. The van der Waals surface area contributed by atoms with Crippen LogP contribution in [0.25, 0.3) is 0 Å². The third kappa shape index (κ3) is 3.43. The molecule has 3 aliphatic rings. The number of rotatable bonds is 4. The number of piperazine rings is 1. The van der Waals surface area contributed by atoms with Crippen molar-refractivity contribution in [2.45, 2.75) is 17.9 Å². The number of methoxy groups -OCH3 is 1. The fourth-order valence-electron chi connectivity index (χ4n) is 4.57. The second-order valence-electron chi connectivity index (χ2n) is 8.08. The fourth-order valence-corrected chi connectivity index (χ4v) is 7.02. The Morgan fingerprint density at radius 3 is 2.53 bits per heavy atom. The number of hydrogen-bond donors (Lipinski definition) is 0. The monoisotopic (exact) mass is 479 g/mol. The normalized spacial score (nSPS) is 19.1. The number of hydrogen-bond acceptors (Lipinski definition) is 8. The molecule has 1 aromatic carbocycles. The maximum Gasteiger partial charge on any atom is 0.254 e. The Morgan fingerprint density at radius 1 is 1.09 bits per heavy atom. The van der Waals surface area contributed by atoms with Gasteiger partial charge in [-0.15, -0.1) is 0 Å². The number of carbonyl (C=O) groups excluding carboxylic acids is 1. The Balaban J connectivity index is 1.48. The van der Waals surface area contributed by atoms with Crippen molar-refractivity contribution in [3.05, 3.63) is 33.5 Å². The second kappa shape index (κ2) is 8.22. The summed E-state index contributed by atoms with van der Waals surface area (Å²) in [6.07, 6.45) is 0.573. The van der Waals surface area contributed by atoms with Gasteiger partial charge in [0.15, 0.2) is 11.5 Å². The number of benzene rings is 1. The molecule has 0 N–H and O–H groups in total. The van der Waals surface area contributed by atoms with Crippen molar-refractivity contribution < 1.29 is 27.4 Å². The first-order chi connectivity index (χ1) is 15.4. The number of nitrogens with zero attached hydrogens (tertiary/aromatic N) is 3. The Bertz CT molecular complexity index is 1140. The molecular weight excluding hydrogens is 454 g/mol. The molecule has 0 radical (unpaired) electrons. The Labute approximate surface area is 191 Å². The minimum absolute atomic E-state index is 0.0458. The number of amides is 1. The van der Waals surface area contributed by atoms with Crippen LogP contribution in [-0.4, -0.2) is 82.1 Å². The van der Waals surface area contributed by atoms with Crippen LogP contribution in [0.15, 0.2) is 21.7 Å². The first-order valence-corrected chi connectivity index (χ1v) is 12.8. The number of sulfonamides is 1. The largest absolute Gasteiger partial charge is 0.492 e. The molecule has 1 aromatic heterocycles. The molecule has 1 amide bonds. The number of likely N-dealkylation sites (N-methyl/N-ethyl adjacent to an activating group) is 1. The molecule has 9 nitrogen and oxygen atoms in total. The summed E-state index contributed by atoms with van der Waals surface area (Å²) in [5.41, 5.74) is 2.21. The molecule has 0 atom stereocenters. The molecule has 0 aliphatic carbocycles. The minimum Gasteiger partial charge on any atom is -0.492 e. The predicted octanol–water partition coefficient (Wildman–Crippen LogP) is 1.62. The molecule has 3 aliphatic heterocycles. The molecule has 1 saturated heterocycles. The topological polar surface area (TPSA) is 88.6 Å². The molecule has 32 heavy (non-hydrogen) atoms. The van der Waals surface area contributed by atoms with Crippen LogP contribution in [0, 0.1) is 0 Å². The van der Waals surface area contributed by atoms with E-state index < -0.39 is 10.0 Å². The molecule has 0 saturated carbocycles. The average Bonchev–Trinajstić information content (AvgIpc) is 3.49. The molecule has 0 spiro atoms. The SMILES string of the molecule is COc1c2c(c(S(=O)(=O)N3CCN(C(=O)c4ccsc4)CC3)c3c1OCO3)CCN(C)C2. The van der Waals surface area contributed by atoms with Crippen LogP contribution < -0.4 is 14.2 Å². The lowest BCUT2D eigenvalue weighted by Gasteiger charge is -2.35. The summed E-state index contributed by atoms with van der Waals surface area (Å²) >= 11 is 1.47. The fraction of sp³-hybridized carbons (Fsp3) is 0.476. The summed E-state index contributed by atoms with van der Waals surface area (Å²) in [6.45, 7) is 2.41. The first-order valence-electron chi connectivity index (χ1n) is 10.4. The van der Waals surface area contributed by atoms with E-state index in [1.807, 2.05) is 17.8 Å². The molecule has 11 heteroatoms. The van der Waals surface area contributed by atoms with Crippen LogP contribution in [-0.2, 0) is 23.0 Å². The average molecular weight is 480 g/mol. The van der Waals surface area contributed by atoms with Crippen molar-refractivity contribution in [1.29, 1.82) is 0 Å². The highest BCUT2D eigenvalue weighted by molar-refractivity contribution is 7.89.